The molecular formula is C18H39NO. The maximum absolute atomic E-state index is 10.5. The normalized spacial score (nSPS) is 9.95. The van der Waals surface area contributed by atoms with Crippen LogP contribution in [0.3, 0.4) is 0 Å². The first-order valence-electron chi connectivity index (χ1n) is 9.05. The summed E-state index contributed by atoms with van der Waals surface area (Å²) in [4.78, 5) is 10.5. The van der Waals surface area contributed by atoms with Crippen molar-refractivity contribution in [2.45, 2.75) is 111 Å². The van der Waals surface area contributed by atoms with Crippen LogP contribution in [0, 0.1) is 0 Å². The van der Waals surface area contributed by atoms with Gasteiger partial charge in [0.15, 0.2) is 0 Å². The molecule has 0 saturated carbocycles. The van der Waals surface area contributed by atoms with Gasteiger partial charge >= 0.3 is 0 Å². The molecule has 0 saturated heterocycles. The van der Waals surface area contributed by atoms with Crippen LogP contribution < -0.4 is 5.73 Å². The van der Waals surface area contributed by atoms with Gasteiger partial charge in [0.1, 0.15) is 0 Å². The predicted molar refractivity (Wildman–Crippen MR) is 90.9 cm³/mol. The molecule has 0 atom stereocenters. The Morgan fingerprint density at radius 1 is 0.650 bits per heavy atom. The fraction of sp³-hybridized carbons (Fsp3) is 0.944. The molecule has 0 bridgehead atoms. The zero-order chi connectivity index (χ0) is 15.5. The first-order valence-corrected chi connectivity index (χ1v) is 9.05. The summed E-state index contributed by atoms with van der Waals surface area (Å²) >= 11 is 0. The van der Waals surface area contributed by atoms with Gasteiger partial charge in [0.25, 0.3) is 0 Å². The summed E-state index contributed by atoms with van der Waals surface area (Å²) in [6.07, 6.45) is 17.9. The number of amides is 1. The molecule has 0 fully saturated rings. The monoisotopic (exact) mass is 285 g/mol. The molecule has 0 aromatic heterocycles. The van der Waals surface area contributed by atoms with Crippen molar-refractivity contribution < 1.29 is 4.79 Å². The summed E-state index contributed by atoms with van der Waals surface area (Å²) in [7, 11) is 0. The van der Waals surface area contributed by atoms with Crippen LogP contribution in [0.5, 0.6) is 0 Å². The van der Waals surface area contributed by atoms with Crippen molar-refractivity contribution in [3.8, 4) is 0 Å². The van der Waals surface area contributed by atoms with Gasteiger partial charge in [-0.1, -0.05) is 97.8 Å². The van der Waals surface area contributed by atoms with E-state index >= 15 is 0 Å². The Hall–Kier alpha value is -0.530. The second-order valence-corrected chi connectivity index (χ2v) is 5.46. The van der Waals surface area contributed by atoms with Crippen molar-refractivity contribution in [3.05, 3.63) is 0 Å². The number of primary amides is 1. The summed E-state index contributed by atoms with van der Waals surface area (Å²) in [5.74, 6) is -0.155. The number of rotatable bonds is 14. The third-order valence-corrected chi connectivity index (χ3v) is 3.53. The van der Waals surface area contributed by atoms with E-state index in [9.17, 15) is 4.79 Å². The lowest BCUT2D eigenvalue weighted by Gasteiger charge is -2.02. The predicted octanol–water partition coefficient (Wildman–Crippen LogP) is 5.98. The highest BCUT2D eigenvalue weighted by Gasteiger charge is 1.95. The molecule has 20 heavy (non-hydrogen) atoms. The molecule has 0 aliphatic rings. The van der Waals surface area contributed by atoms with Crippen LogP contribution >= 0.6 is 0 Å². The highest BCUT2D eigenvalue weighted by Crippen LogP contribution is 2.12. The lowest BCUT2D eigenvalue weighted by molar-refractivity contribution is -0.118. The van der Waals surface area contributed by atoms with Gasteiger partial charge in [0.2, 0.25) is 5.91 Å². The number of carbonyl (C=O) groups is 1. The first kappa shape index (κ1) is 21.8. The van der Waals surface area contributed by atoms with Crippen LogP contribution in [0.4, 0.5) is 0 Å². The number of nitrogens with two attached hydrogens (primary N) is 1. The fourth-order valence-corrected chi connectivity index (χ4v) is 2.32. The maximum atomic E-state index is 10.5. The van der Waals surface area contributed by atoms with Crippen LogP contribution in [0.25, 0.3) is 0 Å². The number of unbranched alkanes of at least 4 members (excludes halogenated alkanes) is 12. The van der Waals surface area contributed by atoms with Crippen molar-refractivity contribution in [1.29, 1.82) is 0 Å². The summed E-state index contributed by atoms with van der Waals surface area (Å²) < 4.78 is 0. The fourth-order valence-electron chi connectivity index (χ4n) is 2.32. The molecule has 1 amide bonds. The topological polar surface area (TPSA) is 43.1 Å². The van der Waals surface area contributed by atoms with E-state index in [4.69, 9.17) is 5.73 Å². The van der Waals surface area contributed by atoms with E-state index in [2.05, 4.69) is 6.92 Å². The molecule has 2 N–H and O–H groups in total. The average Bonchev–Trinajstić information content (AvgIpc) is 2.46. The summed E-state index contributed by atoms with van der Waals surface area (Å²) in [6, 6.07) is 0. The van der Waals surface area contributed by atoms with Crippen LogP contribution in [-0.4, -0.2) is 5.91 Å². The zero-order valence-electron chi connectivity index (χ0n) is 14.4. The van der Waals surface area contributed by atoms with Crippen molar-refractivity contribution in [2.24, 2.45) is 5.73 Å². The highest BCUT2D eigenvalue weighted by atomic mass is 16.1. The van der Waals surface area contributed by atoms with Crippen molar-refractivity contribution in [1.82, 2.24) is 0 Å². The minimum Gasteiger partial charge on any atom is -0.370 e. The highest BCUT2D eigenvalue weighted by molar-refractivity contribution is 5.73. The molecule has 0 aliphatic heterocycles. The smallest absolute Gasteiger partial charge is 0.217 e. The minimum absolute atomic E-state index is 0.155. The Labute approximate surface area is 127 Å². The minimum atomic E-state index is -0.155. The van der Waals surface area contributed by atoms with Crippen LogP contribution in [0.2, 0.25) is 0 Å². The Kier molecular flexibility index (Phi) is 22.6. The molecular weight excluding hydrogens is 246 g/mol. The van der Waals surface area contributed by atoms with Gasteiger partial charge in [0.05, 0.1) is 0 Å². The second kappa shape index (κ2) is 20.8. The molecule has 0 rings (SSSR count). The molecule has 0 aromatic carbocycles. The summed E-state index contributed by atoms with van der Waals surface area (Å²) in [5.41, 5.74) is 5.09. The van der Waals surface area contributed by atoms with Gasteiger partial charge in [-0.2, -0.15) is 0 Å². The lowest BCUT2D eigenvalue weighted by atomic mass is 10.0. The molecule has 2 nitrogen and oxygen atoms in total. The molecule has 0 aliphatic carbocycles. The Morgan fingerprint density at radius 3 is 1.25 bits per heavy atom. The van der Waals surface area contributed by atoms with Crippen LogP contribution in [-0.2, 0) is 4.79 Å². The van der Waals surface area contributed by atoms with Crippen LogP contribution in [0.1, 0.15) is 111 Å². The zero-order valence-corrected chi connectivity index (χ0v) is 14.4. The standard InChI is InChI=1S/C16H33NO.C2H6/c1-2-3-4-5-6-7-8-9-10-11-12-13-14-15-16(17)18;1-2/h2-15H2,1H3,(H2,17,18);1-2H3. The van der Waals surface area contributed by atoms with E-state index in [1.807, 2.05) is 13.8 Å². The first-order chi connectivity index (χ1) is 9.77. The van der Waals surface area contributed by atoms with E-state index in [1.54, 1.807) is 0 Å². The summed E-state index contributed by atoms with van der Waals surface area (Å²) in [5, 5.41) is 0. The van der Waals surface area contributed by atoms with Gasteiger partial charge < -0.3 is 5.73 Å². The van der Waals surface area contributed by atoms with Crippen molar-refractivity contribution in [2.75, 3.05) is 0 Å². The molecule has 122 valence electrons. The quantitative estimate of drug-likeness (QED) is 0.392. The van der Waals surface area contributed by atoms with Gasteiger partial charge in [-0.05, 0) is 6.42 Å². The van der Waals surface area contributed by atoms with Crippen molar-refractivity contribution >= 4 is 5.91 Å². The number of carbonyl (C=O) groups excluding carboxylic acids is 1. The number of hydrogen-bond donors (Lipinski definition) is 1. The SMILES string of the molecule is CC.CCCCCCCCCCCCCCCC(N)=O. The van der Waals surface area contributed by atoms with Gasteiger partial charge in [-0.3, -0.25) is 4.79 Å². The lowest BCUT2D eigenvalue weighted by Crippen LogP contribution is -2.09. The number of hydrogen-bond acceptors (Lipinski definition) is 1. The van der Waals surface area contributed by atoms with Gasteiger partial charge in [-0.25, -0.2) is 0 Å². The average molecular weight is 286 g/mol. The van der Waals surface area contributed by atoms with Crippen molar-refractivity contribution in [3.63, 3.8) is 0 Å². The third kappa shape index (κ3) is 22.6. The van der Waals surface area contributed by atoms with E-state index in [0.29, 0.717) is 6.42 Å². The van der Waals surface area contributed by atoms with E-state index in [-0.39, 0.29) is 5.91 Å². The third-order valence-electron chi connectivity index (χ3n) is 3.53. The van der Waals surface area contributed by atoms with E-state index < -0.39 is 0 Å². The molecule has 2 heteroatoms. The molecule has 0 radical (unpaired) electrons. The molecule has 0 spiro atoms. The Balaban J connectivity index is 0. The summed E-state index contributed by atoms with van der Waals surface area (Å²) in [6.45, 7) is 6.27. The van der Waals surface area contributed by atoms with E-state index in [0.717, 1.165) is 6.42 Å². The molecule has 0 heterocycles. The van der Waals surface area contributed by atoms with Crippen LogP contribution in [0.15, 0.2) is 0 Å². The van der Waals surface area contributed by atoms with E-state index in [1.165, 1.54) is 77.0 Å². The van der Waals surface area contributed by atoms with Gasteiger partial charge in [0, 0.05) is 6.42 Å². The van der Waals surface area contributed by atoms with Gasteiger partial charge in [-0.15, -0.1) is 0 Å². The molecule has 0 aromatic rings. The Morgan fingerprint density at radius 2 is 0.950 bits per heavy atom. The maximum Gasteiger partial charge on any atom is 0.217 e. The second-order valence-electron chi connectivity index (χ2n) is 5.46. The largest absolute Gasteiger partial charge is 0.370 e. The Bertz CT molecular complexity index is 180. The molecule has 0 unspecified atom stereocenters.